The molecule has 0 spiro atoms. The minimum Gasteiger partial charge on any atom is -0.496 e. The predicted octanol–water partition coefficient (Wildman–Crippen LogP) is 2.35. The molecule has 1 aromatic heterocycles. The van der Waals surface area contributed by atoms with Gasteiger partial charge in [0.2, 0.25) is 0 Å². The third-order valence-electron chi connectivity index (χ3n) is 2.69. The van der Waals surface area contributed by atoms with E-state index in [1.165, 1.54) is 6.33 Å². The van der Waals surface area contributed by atoms with Crippen LogP contribution in [0, 0.1) is 13.8 Å². The summed E-state index contributed by atoms with van der Waals surface area (Å²) in [5.74, 6) is 1.25. The SMILES string of the molecule is COc1ccc(C)cc1-c1c(C)ncnc1N. The van der Waals surface area contributed by atoms with Gasteiger partial charge in [-0.1, -0.05) is 11.6 Å². The second kappa shape index (κ2) is 4.41. The minimum atomic E-state index is 0.474. The fourth-order valence-electron chi connectivity index (χ4n) is 1.84. The van der Waals surface area contributed by atoms with Crippen LogP contribution in [0.3, 0.4) is 0 Å². The lowest BCUT2D eigenvalue weighted by molar-refractivity contribution is 0.416. The highest BCUT2D eigenvalue weighted by Crippen LogP contribution is 2.34. The third-order valence-corrected chi connectivity index (χ3v) is 2.69. The second-order valence-corrected chi connectivity index (χ2v) is 3.92. The molecule has 0 atom stereocenters. The Morgan fingerprint density at radius 3 is 2.59 bits per heavy atom. The van der Waals surface area contributed by atoms with Gasteiger partial charge in [-0.25, -0.2) is 9.97 Å². The number of rotatable bonds is 2. The molecular formula is C13H15N3O. The van der Waals surface area contributed by atoms with Crippen LogP contribution in [0.25, 0.3) is 11.1 Å². The summed E-state index contributed by atoms with van der Waals surface area (Å²) >= 11 is 0. The molecule has 2 rings (SSSR count). The molecule has 0 aliphatic heterocycles. The van der Waals surface area contributed by atoms with E-state index in [0.29, 0.717) is 5.82 Å². The molecule has 2 N–H and O–H groups in total. The molecule has 4 nitrogen and oxygen atoms in total. The molecule has 2 aromatic rings. The zero-order valence-electron chi connectivity index (χ0n) is 10.2. The van der Waals surface area contributed by atoms with E-state index in [1.807, 2.05) is 32.0 Å². The van der Waals surface area contributed by atoms with Crippen LogP contribution in [0.15, 0.2) is 24.5 Å². The summed E-state index contributed by atoms with van der Waals surface area (Å²) in [5.41, 5.74) is 9.69. The van der Waals surface area contributed by atoms with E-state index in [4.69, 9.17) is 10.5 Å². The number of methoxy groups -OCH3 is 1. The summed E-state index contributed by atoms with van der Waals surface area (Å²) in [6.07, 6.45) is 1.47. The van der Waals surface area contributed by atoms with Gasteiger partial charge in [-0.3, -0.25) is 0 Å². The van der Waals surface area contributed by atoms with E-state index < -0.39 is 0 Å². The molecule has 0 fully saturated rings. The standard InChI is InChI=1S/C13H15N3O/c1-8-4-5-11(17-3)10(6-8)12-9(2)15-7-16-13(12)14/h4-7H,1-3H3,(H2,14,15,16). The molecule has 0 radical (unpaired) electrons. The Balaban J connectivity index is 2.71. The van der Waals surface area contributed by atoms with Crippen molar-refractivity contribution in [1.29, 1.82) is 0 Å². The smallest absolute Gasteiger partial charge is 0.135 e. The number of nitrogens with zero attached hydrogens (tertiary/aromatic N) is 2. The number of aromatic nitrogens is 2. The van der Waals surface area contributed by atoms with Gasteiger partial charge in [0.1, 0.15) is 17.9 Å². The fourth-order valence-corrected chi connectivity index (χ4v) is 1.84. The van der Waals surface area contributed by atoms with Gasteiger partial charge in [-0.2, -0.15) is 0 Å². The quantitative estimate of drug-likeness (QED) is 0.858. The molecule has 0 unspecified atom stereocenters. The van der Waals surface area contributed by atoms with Crippen LogP contribution < -0.4 is 10.5 Å². The van der Waals surface area contributed by atoms with Crippen molar-refractivity contribution in [2.75, 3.05) is 12.8 Å². The maximum Gasteiger partial charge on any atom is 0.135 e. The van der Waals surface area contributed by atoms with Crippen molar-refractivity contribution in [1.82, 2.24) is 9.97 Å². The number of hydrogen-bond acceptors (Lipinski definition) is 4. The van der Waals surface area contributed by atoms with Crippen molar-refractivity contribution in [2.45, 2.75) is 13.8 Å². The predicted molar refractivity (Wildman–Crippen MR) is 67.9 cm³/mol. The van der Waals surface area contributed by atoms with Gasteiger partial charge in [0.15, 0.2) is 0 Å². The lowest BCUT2D eigenvalue weighted by atomic mass is 10.0. The molecule has 1 aromatic carbocycles. The largest absolute Gasteiger partial charge is 0.496 e. The van der Waals surface area contributed by atoms with E-state index in [-0.39, 0.29) is 0 Å². The first-order valence-electron chi connectivity index (χ1n) is 5.35. The Morgan fingerprint density at radius 1 is 1.18 bits per heavy atom. The van der Waals surface area contributed by atoms with Crippen LogP contribution in [0.2, 0.25) is 0 Å². The van der Waals surface area contributed by atoms with Gasteiger partial charge < -0.3 is 10.5 Å². The van der Waals surface area contributed by atoms with Gasteiger partial charge >= 0.3 is 0 Å². The first-order valence-corrected chi connectivity index (χ1v) is 5.35. The Morgan fingerprint density at radius 2 is 1.94 bits per heavy atom. The molecule has 0 bridgehead atoms. The Labute approximate surface area is 100 Å². The molecular weight excluding hydrogens is 214 g/mol. The number of benzene rings is 1. The number of nitrogen functional groups attached to an aromatic ring is 1. The van der Waals surface area contributed by atoms with E-state index in [2.05, 4.69) is 9.97 Å². The summed E-state index contributed by atoms with van der Waals surface area (Å²) in [6.45, 7) is 3.94. The molecule has 4 heteroatoms. The van der Waals surface area contributed by atoms with Gasteiger partial charge in [0, 0.05) is 11.1 Å². The Hall–Kier alpha value is -2.10. The molecule has 0 saturated carbocycles. The lowest BCUT2D eigenvalue weighted by Crippen LogP contribution is -2.00. The normalized spacial score (nSPS) is 10.3. The van der Waals surface area contributed by atoms with Crippen LogP contribution in [0.1, 0.15) is 11.3 Å². The van der Waals surface area contributed by atoms with Crippen LogP contribution in [-0.2, 0) is 0 Å². The van der Waals surface area contributed by atoms with Crippen molar-refractivity contribution in [3.63, 3.8) is 0 Å². The summed E-state index contributed by atoms with van der Waals surface area (Å²) in [5, 5.41) is 0. The van der Waals surface area contributed by atoms with Gasteiger partial charge in [-0.05, 0) is 26.0 Å². The number of aryl methyl sites for hydroxylation is 2. The van der Waals surface area contributed by atoms with Crippen LogP contribution in [-0.4, -0.2) is 17.1 Å². The van der Waals surface area contributed by atoms with Crippen molar-refractivity contribution >= 4 is 5.82 Å². The van der Waals surface area contributed by atoms with Crippen LogP contribution in [0.4, 0.5) is 5.82 Å². The summed E-state index contributed by atoms with van der Waals surface area (Å²) in [6, 6.07) is 5.95. The number of anilines is 1. The minimum absolute atomic E-state index is 0.474. The molecule has 1 heterocycles. The molecule has 0 aliphatic carbocycles. The van der Waals surface area contributed by atoms with E-state index in [0.717, 1.165) is 28.1 Å². The first kappa shape index (κ1) is 11.4. The van der Waals surface area contributed by atoms with Crippen molar-refractivity contribution < 1.29 is 4.74 Å². The lowest BCUT2D eigenvalue weighted by Gasteiger charge is -2.12. The van der Waals surface area contributed by atoms with E-state index in [1.54, 1.807) is 7.11 Å². The highest BCUT2D eigenvalue weighted by molar-refractivity contribution is 5.80. The highest BCUT2D eigenvalue weighted by Gasteiger charge is 2.13. The van der Waals surface area contributed by atoms with Crippen LogP contribution in [0.5, 0.6) is 5.75 Å². The monoisotopic (exact) mass is 229 g/mol. The maximum atomic E-state index is 5.92. The average Bonchev–Trinajstić information content (AvgIpc) is 2.29. The molecule has 17 heavy (non-hydrogen) atoms. The fraction of sp³-hybridized carbons (Fsp3) is 0.231. The van der Waals surface area contributed by atoms with Gasteiger partial charge in [-0.15, -0.1) is 0 Å². The zero-order valence-corrected chi connectivity index (χ0v) is 10.2. The van der Waals surface area contributed by atoms with E-state index in [9.17, 15) is 0 Å². The average molecular weight is 229 g/mol. The summed E-state index contributed by atoms with van der Waals surface area (Å²) in [4.78, 5) is 8.21. The van der Waals surface area contributed by atoms with Crippen molar-refractivity contribution in [2.24, 2.45) is 0 Å². The van der Waals surface area contributed by atoms with Gasteiger partial charge in [0.05, 0.1) is 12.8 Å². The summed E-state index contributed by atoms with van der Waals surface area (Å²) in [7, 11) is 1.64. The number of nitrogens with two attached hydrogens (primary N) is 1. The van der Waals surface area contributed by atoms with Crippen molar-refractivity contribution in [3.8, 4) is 16.9 Å². The molecule has 0 amide bonds. The second-order valence-electron chi connectivity index (χ2n) is 3.92. The Bertz CT molecular complexity index is 532. The number of hydrogen-bond donors (Lipinski definition) is 1. The topological polar surface area (TPSA) is 61.0 Å². The maximum absolute atomic E-state index is 5.92. The summed E-state index contributed by atoms with van der Waals surface area (Å²) < 4.78 is 5.35. The van der Waals surface area contributed by atoms with E-state index >= 15 is 0 Å². The first-order chi connectivity index (χ1) is 8.13. The highest BCUT2D eigenvalue weighted by atomic mass is 16.5. The third kappa shape index (κ3) is 2.06. The van der Waals surface area contributed by atoms with Crippen LogP contribution >= 0.6 is 0 Å². The molecule has 0 aliphatic rings. The zero-order chi connectivity index (χ0) is 12.4. The molecule has 0 saturated heterocycles. The molecule has 88 valence electrons. The van der Waals surface area contributed by atoms with Crippen molar-refractivity contribution in [3.05, 3.63) is 35.8 Å². The van der Waals surface area contributed by atoms with Gasteiger partial charge in [0.25, 0.3) is 0 Å². The number of ether oxygens (including phenoxy) is 1. The Kier molecular flexibility index (Phi) is 2.95.